The van der Waals surface area contributed by atoms with Crippen LogP contribution >= 0.6 is 23.2 Å². The van der Waals surface area contributed by atoms with Crippen LogP contribution in [0.4, 0.5) is 5.82 Å². The van der Waals surface area contributed by atoms with Crippen LogP contribution in [0.1, 0.15) is 6.92 Å². The molecule has 0 fully saturated rings. The van der Waals surface area contributed by atoms with Crippen molar-refractivity contribution in [1.29, 1.82) is 0 Å². The fraction of sp³-hybridized carbons (Fsp3) is 0.444. The Bertz CT molecular complexity index is 451. The van der Waals surface area contributed by atoms with Gasteiger partial charge >= 0.3 is 0 Å². The average Bonchev–Trinajstić information content (AvgIpc) is 2.15. The monoisotopic (exact) mass is 282 g/mol. The van der Waals surface area contributed by atoms with Gasteiger partial charge < -0.3 is 0 Å². The highest BCUT2D eigenvalue weighted by Gasteiger charge is 2.15. The topological polar surface area (TPSA) is 59.1 Å². The summed E-state index contributed by atoms with van der Waals surface area (Å²) in [4.78, 5) is 3.85. The second-order valence-electron chi connectivity index (χ2n) is 3.50. The van der Waals surface area contributed by atoms with Crippen LogP contribution in [-0.2, 0) is 10.0 Å². The minimum Gasteiger partial charge on any atom is -0.267 e. The van der Waals surface area contributed by atoms with Crippen molar-refractivity contribution in [2.24, 2.45) is 5.92 Å². The molecule has 0 radical (unpaired) electrons. The summed E-state index contributed by atoms with van der Waals surface area (Å²) in [6.07, 6.45) is 1.44. The number of rotatable bonds is 5. The van der Waals surface area contributed by atoms with E-state index in [2.05, 4.69) is 9.71 Å². The number of aromatic nitrogens is 1. The molecular formula is C9H12Cl2N2O2S. The van der Waals surface area contributed by atoms with Gasteiger partial charge in [-0.1, -0.05) is 18.5 Å². The molecule has 1 rings (SSSR count). The molecule has 16 heavy (non-hydrogen) atoms. The molecule has 0 aliphatic heterocycles. The average molecular weight is 283 g/mol. The number of pyridine rings is 1. The zero-order valence-corrected chi connectivity index (χ0v) is 11.0. The van der Waals surface area contributed by atoms with E-state index in [1.54, 1.807) is 13.0 Å². The van der Waals surface area contributed by atoms with Crippen molar-refractivity contribution < 1.29 is 8.42 Å². The van der Waals surface area contributed by atoms with Gasteiger partial charge in [0.2, 0.25) is 10.0 Å². The van der Waals surface area contributed by atoms with E-state index < -0.39 is 10.0 Å². The third-order valence-corrected chi connectivity index (χ3v) is 4.04. The van der Waals surface area contributed by atoms with Crippen LogP contribution in [0.2, 0.25) is 5.02 Å². The number of halogens is 2. The summed E-state index contributed by atoms with van der Waals surface area (Å²) in [5.41, 5.74) is 0. The molecule has 0 bridgehead atoms. The van der Waals surface area contributed by atoms with Crippen LogP contribution in [0.3, 0.4) is 0 Å². The summed E-state index contributed by atoms with van der Waals surface area (Å²) in [6.45, 7) is 1.76. The van der Waals surface area contributed by atoms with Crippen LogP contribution in [0.15, 0.2) is 18.3 Å². The normalized spacial score (nSPS) is 13.4. The second-order valence-corrected chi connectivity index (χ2v) is 6.01. The summed E-state index contributed by atoms with van der Waals surface area (Å²) >= 11 is 11.3. The maximum atomic E-state index is 11.6. The van der Waals surface area contributed by atoms with Crippen molar-refractivity contribution in [3.05, 3.63) is 23.4 Å². The van der Waals surface area contributed by atoms with Crippen molar-refractivity contribution in [1.82, 2.24) is 4.98 Å². The fourth-order valence-corrected chi connectivity index (χ4v) is 2.86. The molecule has 1 atom stereocenters. The molecule has 0 spiro atoms. The fourth-order valence-electron chi connectivity index (χ4n) is 1.08. The number of hydrogen-bond donors (Lipinski definition) is 1. The maximum absolute atomic E-state index is 11.6. The summed E-state index contributed by atoms with van der Waals surface area (Å²) in [6, 6.07) is 3.02. The van der Waals surface area contributed by atoms with Crippen LogP contribution in [0.25, 0.3) is 0 Å². The highest BCUT2D eigenvalue weighted by atomic mass is 35.5. The molecule has 0 aliphatic carbocycles. The first-order valence-corrected chi connectivity index (χ1v) is 7.17. The molecule has 1 aromatic heterocycles. The Morgan fingerprint density at radius 3 is 2.81 bits per heavy atom. The van der Waals surface area contributed by atoms with Gasteiger partial charge in [-0.15, -0.1) is 11.6 Å². The molecule has 0 saturated carbocycles. The molecule has 7 heteroatoms. The molecule has 1 aromatic rings. The van der Waals surface area contributed by atoms with Gasteiger partial charge in [-0.3, -0.25) is 4.72 Å². The first kappa shape index (κ1) is 13.5. The van der Waals surface area contributed by atoms with Crippen molar-refractivity contribution in [3.63, 3.8) is 0 Å². The molecule has 0 aliphatic rings. The molecule has 1 heterocycles. The molecular weight excluding hydrogens is 271 g/mol. The van der Waals surface area contributed by atoms with Gasteiger partial charge in [0.15, 0.2) is 0 Å². The standard InChI is InChI=1S/C9H12Cl2N2O2S/c1-7(5-10)6-16(14,15)13-9-4-8(11)2-3-12-9/h2-4,7H,5-6H2,1H3,(H,12,13). The summed E-state index contributed by atoms with van der Waals surface area (Å²) in [7, 11) is -3.42. The van der Waals surface area contributed by atoms with E-state index in [0.717, 1.165) is 0 Å². The van der Waals surface area contributed by atoms with E-state index in [0.29, 0.717) is 10.9 Å². The van der Waals surface area contributed by atoms with Gasteiger partial charge in [0.1, 0.15) is 5.82 Å². The Balaban J connectivity index is 2.73. The second kappa shape index (κ2) is 5.70. The third kappa shape index (κ3) is 4.55. The lowest BCUT2D eigenvalue weighted by Gasteiger charge is -2.10. The van der Waals surface area contributed by atoms with Crippen molar-refractivity contribution in [2.75, 3.05) is 16.4 Å². The molecule has 0 amide bonds. The number of nitrogens with one attached hydrogen (secondary N) is 1. The number of alkyl halides is 1. The quantitative estimate of drug-likeness (QED) is 0.844. The van der Waals surface area contributed by atoms with Crippen LogP contribution in [0.5, 0.6) is 0 Å². The minimum absolute atomic E-state index is 0.0370. The van der Waals surface area contributed by atoms with E-state index in [1.165, 1.54) is 12.3 Å². The Kier molecular flexibility index (Phi) is 4.83. The summed E-state index contributed by atoms with van der Waals surface area (Å²) < 4.78 is 25.6. The van der Waals surface area contributed by atoms with Gasteiger partial charge in [-0.2, -0.15) is 0 Å². The predicted octanol–water partition coefficient (Wildman–Crippen LogP) is 2.35. The zero-order valence-electron chi connectivity index (χ0n) is 8.65. The van der Waals surface area contributed by atoms with Gasteiger partial charge in [-0.25, -0.2) is 13.4 Å². The number of nitrogens with zero attached hydrogens (tertiary/aromatic N) is 1. The predicted molar refractivity (Wildman–Crippen MR) is 66.5 cm³/mol. The minimum atomic E-state index is -3.42. The van der Waals surface area contributed by atoms with Crippen LogP contribution in [0, 0.1) is 5.92 Å². The molecule has 0 aromatic carbocycles. The SMILES string of the molecule is CC(CCl)CS(=O)(=O)Nc1cc(Cl)ccn1. The first-order chi connectivity index (χ1) is 7.43. The van der Waals surface area contributed by atoms with E-state index in [-0.39, 0.29) is 17.5 Å². The number of anilines is 1. The van der Waals surface area contributed by atoms with Crippen molar-refractivity contribution >= 4 is 39.0 Å². The van der Waals surface area contributed by atoms with Gasteiger partial charge in [0.25, 0.3) is 0 Å². The molecule has 0 saturated heterocycles. The molecule has 4 nitrogen and oxygen atoms in total. The Hall–Kier alpha value is -0.520. The van der Waals surface area contributed by atoms with Crippen molar-refractivity contribution in [2.45, 2.75) is 6.92 Å². The van der Waals surface area contributed by atoms with Crippen LogP contribution < -0.4 is 4.72 Å². The highest BCUT2D eigenvalue weighted by Crippen LogP contribution is 2.14. The smallest absolute Gasteiger partial charge is 0.234 e. The Morgan fingerprint density at radius 1 is 1.56 bits per heavy atom. The van der Waals surface area contributed by atoms with E-state index in [9.17, 15) is 8.42 Å². The van der Waals surface area contributed by atoms with E-state index >= 15 is 0 Å². The third-order valence-electron chi connectivity index (χ3n) is 1.75. The summed E-state index contributed by atoms with van der Waals surface area (Å²) in [5.74, 6) is 0.363. The van der Waals surface area contributed by atoms with Gasteiger partial charge in [-0.05, 0) is 12.0 Å². The highest BCUT2D eigenvalue weighted by molar-refractivity contribution is 7.92. The Labute approximate surface area is 105 Å². The molecule has 1 unspecified atom stereocenters. The van der Waals surface area contributed by atoms with E-state index in [1.807, 2.05) is 0 Å². The molecule has 1 N–H and O–H groups in total. The van der Waals surface area contributed by atoms with Crippen LogP contribution in [-0.4, -0.2) is 25.0 Å². The lowest BCUT2D eigenvalue weighted by molar-refractivity contribution is 0.588. The summed E-state index contributed by atoms with van der Waals surface area (Å²) in [5, 5.41) is 0.429. The number of sulfonamides is 1. The largest absolute Gasteiger partial charge is 0.267 e. The molecule has 90 valence electrons. The van der Waals surface area contributed by atoms with Gasteiger partial charge in [0, 0.05) is 23.2 Å². The van der Waals surface area contributed by atoms with Gasteiger partial charge in [0.05, 0.1) is 5.75 Å². The number of hydrogen-bond acceptors (Lipinski definition) is 3. The van der Waals surface area contributed by atoms with E-state index in [4.69, 9.17) is 23.2 Å². The first-order valence-electron chi connectivity index (χ1n) is 4.61. The zero-order chi connectivity index (χ0) is 12.2. The lowest BCUT2D eigenvalue weighted by atomic mass is 10.3. The maximum Gasteiger partial charge on any atom is 0.234 e. The lowest BCUT2D eigenvalue weighted by Crippen LogP contribution is -2.22. The Morgan fingerprint density at radius 2 is 2.25 bits per heavy atom. The van der Waals surface area contributed by atoms with Crippen molar-refractivity contribution in [3.8, 4) is 0 Å².